The van der Waals surface area contributed by atoms with Crippen LogP contribution in [0.1, 0.15) is 37.0 Å². The van der Waals surface area contributed by atoms with Gasteiger partial charge in [-0.1, -0.05) is 0 Å². The maximum atomic E-state index is 12.7. The molecule has 1 saturated heterocycles. The highest BCUT2D eigenvalue weighted by atomic mass is 32.2. The van der Waals surface area contributed by atoms with E-state index in [1.165, 1.54) is 7.11 Å². The van der Waals surface area contributed by atoms with Crippen molar-refractivity contribution in [3.63, 3.8) is 0 Å². The van der Waals surface area contributed by atoms with Crippen molar-refractivity contribution in [1.82, 2.24) is 9.62 Å². The van der Waals surface area contributed by atoms with Crippen LogP contribution in [0.5, 0.6) is 5.75 Å². The summed E-state index contributed by atoms with van der Waals surface area (Å²) in [4.78, 5) is 27.1. The molecule has 1 aliphatic heterocycles. The molecule has 0 atom stereocenters. The van der Waals surface area contributed by atoms with E-state index in [2.05, 4.69) is 10.0 Å². The van der Waals surface area contributed by atoms with Gasteiger partial charge in [0.1, 0.15) is 5.75 Å². The van der Waals surface area contributed by atoms with Crippen molar-refractivity contribution in [2.24, 2.45) is 5.41 Å². The molecule has 0 aromatic heterocycles. The monoisotopic (exact) mass is 397 g/mol. The number of anilines is 1. The summed E-state index contributed by atoms with van der Waals surface area (Å²) in [6, 6.07) is 4.88. The first kappa shape index (κ1) is 21.2. The van der Waals surface area contributed by atoms with Gasteiger partial charge in [-0.3, -0.25) is 9.59 Å². The lowest BCUT2D eigenvalue weighted by molar-refractivity contribution is -0.123. The molecule has 1 aromatic rings. The van der Waals surface area contributed by atoms with Gasteiger partial charge in [0, 0.05) is 25.3 Å². The molecule has 0 bridgehead atoms. The van der Waals surface area contributed by atoms with Gasteiger partial charge in [-0.25, -0.2) is 13.1 Å². The molecule has 1 fully saturated rings. The van der Waals surface area contributed by atoms with Gasteiger partial charge in [-0.15, -0.1) is 0 Å². The standard InChI is InChI=1S/C18H27N3O5S/c1-18(2,12-19-27(4,24)25)17(23)20-13-7-8-15(26-3)14(11-13)16(22)21-9-5-6-10-21/h7-8,11,19H,5-6,9-10,12H2,1-4H3,(H,20,23). The van der Waals surface area contributed by atoms with Crippen LogP contribution in [0.2, 0.25) is 0 Å². The Bertz CT molecular complexity index is 814. The third-order valence-electron chi connectivity index (χ3n) is 4.47. The predicted molar refractivity (Wildman–Crippen MR) is 103 cm³/mol. The summed E-state index contributed by atoms with van der Waals surface area (Å²) in [5.74, 6) is -0.0373. The normalized spacial score (nSPS) is 14.9. The van der Waals surface area contributed by atoms with Crippen LogP contribution >= 0.6 is 0 Å². The number of benzene rings is 1. The number of nitrogens with one attached hydrogen (secondary N) is 2. The van der Waals surface area contributed by atoms with Crippen molar-refractivity contribution in [3.8, 4) is 5.75 Å². The second kappa shape index (κ2) is 8.26. The lowest BCUT2D eigenvalue weighted by atomic mass is 9.92. The van der Waals surface area contributed by atoms with Crippen LogP contribution in [0.4, 0.5) is 5.69 Å². The van der Waals surface area contributed by atoms with Crippen LogP contribution in [0.25, 0.3) is 0 Å². The van der Waals surface area contributed by atoms with Gasteiger partial charge in [0.05, 0.1) is 24.3 Å². The number of hydrogen-bond acceptors (Lipinski definition) is 5. The molecule has 27 heavy (non-hydrogen) atoms. The third kappa shape index (κ3) is 5.67. The molecule has 2 rings (SSSR count). The molecular formula is C18H27N3O5S. The Morgan fingerprint density at radius 1 is 1.22 bits per heavy atom. The molecule has 1 aliphatic rings. The molecule has 9 heteroatoms. The quantitative estimate of drug-likeness (QED) is 0.724. The number of rotatable bonds is 7. The van der Waals surface area contributed by atoms with Crippen molar-refractivity contribution in [2.45, 2.75) is 26.7 Å². The number of carbonyl (C=O) groups excluding carboxylic acids is 2. The third-order valence-corrected chi connectivity index (χ3v) is 5.14. The van der Waals surface area contributed by atoms with E-state index in [9.17, 15) is 18.0 Å². The number of carbonyl (C=O) groups is 2. The summed E-state index contributed by atoms with van der Waals surface area (Å²) in [5.41, 5.74) is -0.123. The average molecular weight is 397 g/mol. The van der Waals surface area contributed by atoms with Crippen LogP contribution in [0, 0.1) is 5.41 Å². The van der Waals surface area contributed by atoms with Crippen LogP contribution < -0.4 is 14.8 Å². The largest absolute Gasteiger partial charge is 0.496 e. The van der Waals surface area contributed by atoms with Crippen molar-refractivity contribution in [2.75, 3.05) is 38.3 Å². The zero-order chi connectivity index (χ0) is 20.2. The fourth-order valence-corrected chi connectivity index (χ4v) is 3.36. The number of nitrogens with zero attached hydrogens (tertiary/aromatic N) is 1. The fraction of sp³-hybridized carbons (Fsp3) is 0.556. The first-order valence-corrected chi connectivity index (χ1v) is 10.7. The van der Waals surface area contributed by atoms with E-state index in [4.69, 9.17) is 4.74 Å². The van der Waals surface area contributed by atoms with Gasteiger partial charge in [0.25, 0.3) is 5.91 Å². The molecule has 0 spiro atoms. The Hall–Kier alpha value is -2.13. The van der Waals surface area contributed by atoms with E-state index < -0.39 is 15.4 Å². The summed E-state index contributed by atoms with van der Waals surface area (Å²) >= 11 is 0. The average Bonchev–Trinajstić information content (AvgIpc) is 3.13. The first-order valence-electron chi connectivity index (χ1n) is 8.77. The minimum Gasteiger partial charge on any atom is -0.496 e. The van der Waals surface area contributed by atoms with Crippen molar-refractivity contribution < 1.29 is 22.7 Å². The van der Waals surface area contributed by atoms with Crippen LogP contribution in [-0.4, -0.2) is 58.1 Å². The fourth-order valence-electron chi connectivity index (χ4n) is 2.74. The molecule has 8 nitrogen and oxygen atoms in total. The molecule has 150 valence electrons. The van der Waals surface area contributed by atoms with E-state index in [0.717, 1.165) is 19.1 Å². The topological polar surface area (TPSA) is 105 Å². The minimum atomic E-state index is -3.40. The maximum absolute atomic E-state index is 12.7. The van der Waals surface area contributed by atoms with Crippen molar-refractivity contribution in [1.29, 1.82) is 0 Å². The SMILES string of the molecule is COc1ccc(NC(=O)C(C)(C)CNS(C)(=O)=O)cc1C(=O)N1CCCC1. The Morgan fingerprint density at radius 2 is 1.85 bits per heavy atom. The molecule has 0 aliphatic carbocycles. The molecule has 2 N–H and O–H groups in total. The zero-order valence-corrected chi connectivity index (χ0v) is 17.0. The summed E-state index contributed by atoms with van der Waals surface area (Å²) in [5, 5.41) is 2.76. The van der Waals surface area contributed by atoms with Gasteiger partial charge in [0.15, 0.2) is 0 Å². The summed E-state index contributed by atoms with van der Waals surface area (Å²) in [6.07, 6.45) is 3.00. The Morgan fingerprint density at radius 3 is 2.41 bits per heavy atom. The Kier molecular flexibility index (Phi) is 6.48. The van der Waals surface area contributed by atoms with Crippen molar-refractivity contribution in [3.05, 3.63) is 23.8 Å². The van der Waals surface area contributed by atoms with E-state index >= 15 is 0 Å². The highest BCUT2D eigenvalue weighted by Crippen LogP contribution is 2.27. The van der Waals surface area contributed by atoms with Gasteiger partial charge >= 0.3 is 0 Å². The summed E-state index contributed by atoms with van der Waals surface area (Å²) < 4.78 is 30.2. The number of methoxy groups -OCH3 is 1. The molecule has 1 heterocycles. The van der Waals surface area contributed by atoms with Gasteiger partial charge in [0.2, 0.25) is 15.9 Å². The van der Waals surface area contributed by atoms with Crippen LogP contribution in [0.3, 0.4) is 0 Å². The van der Waals surface area contributed by atoms with Crippen LogP contribution in [0.15, 0.2) is 18.2 Å². The molecule has 0 radical (unpaired) electrons. The molecular weight excluding hydrogens is 370 g/mol. The summed E-state index contributed by atoms with van der Waals surface area (Å²) in [6.45, 7) is 4.67. The second-order valence-corrected chi connectivity index (χ2v) is 9.18. The molecule has 0 saturated carbocycles. The zero-order valence-electron chi connectivity index (χ0n) is 16.2. The lowest BCUT2D eigenvalue weighted by Gasteiger charge is -2.24. The molecule has 2 amide bonds. The lowest BCUT2D eigenvalue weighted by Crippen LogP contribution is -2.41. The van der Waals surface area contributed by atoms with E-state index in [0.29, 0.717) is 30.1 Å². The first-order chi connectivity index (χ1) is 12.5. The predicted octanol–water partition coefficient (Wildman–Crippen LogP) is 1.45. The summed E-state index contributed by atoms with van der Waals surface area (Å²) in [7, 11) is -1.90. The smallest absolute Gasteiger partial charge is 0.257 e. The number of amides is 2. The van der Waals surface area contributed by atoms with Crippen LogP contribution in [-0.2, 0) is 14.8 Å². The van der Waals surface area contributed by atoms with Gasteiger partial charge in [-0.05, 0) is 44.9 Å². The minimum absolute atomic E-state index is 0.0343. The molecule has 1 aromatic carbocycles. The van der Waals surface area contributed by atoms with E-state index in [1.807, 2.05) is 0 Å². The highest BCUT2D eigenvalue weighted by molar-refractivity contribution is 7.88. The van der Waals surface area contributed by atoms with Gasteiger partial charge < -0.3 is 15.0 Å². The van der Waals surface area contributed by atoms with Crippen molar-refractivity contribution >= 4 is 27.5 Å². The van der Waals surface area contributed by atoms with E-state index in [-0.39, 0.29) is 18.4 Å². The van der Waals surface area contributed by atoms with Gasteiger partial charge in [-0.2, -0.15) is 0 Å². The number of sulfonamides is 1. The second-order valence-electron chi connectivity index (χ2n) is 7.35. The number of ether oxygens (including phenoxy) is 1. The highest BCUT2D eigenvalue weighted by Gasteiger charge is 2.29. The maximum Gasteiger partial charge on any atom is 0.257 e. The molecule has 0 unspecified atom stereocenters. The number of likely N-dealkylation sites (tertiary alicyclic amines) is 1. The van der Waals surface area contributed by atoms with E-state index in [1.54, 1.807) is 36.9 Å². The Labute approximate surface area is 160 Å². The Balaban J connectivity index is 2.17. The number of hydrogen-bond donors (Lipinski definition) is 2.